The van der Waals surface area contributed by atoms with Crippen LogP contribution in [0, 0.1) is 28.5 Å². The minimum atomic E-state index is -4.66. The molecular weight excluding hydrogens is 430 g/mol. The van der Waals surface area contributed by atoms with E-state index in [-0.39, 0.29) is 47.2 Å². The molecule has 6 nitrogen and oxygen atoms in total. The highest BCUT2D eigenvalue weighted by molar-refractivity contribution is 6.01. The Hall–Kier alpha value is -3.79. The third kappa shape index (κ3) is 4.30. The van der Waals surface area contributed by atoms with Crippen molar-refractivity contribution in [3.05, 3.63) is 58.4 Å². The lowest BCUT2D eigenvalue weighted by atomic mass is 9.90. The molecule has 10 heteroatoms. The fourth-order valence-electron chi connectivity index (χ4n) is 3.31. The Balaban J connectivity index is 1.88. The fraction of sp³-hybridized carbons (Fsp3) is 0.318. The van der Waals surface area contributed by atoms with E-state index in [1.807, 2.05) is 6.07 Å². The summed E-state index contributed by atoms with van der Waals surface area (Å²) in [7, 11) is 1.20. The number of hydrogen-bond donors (Lipinski definition) is 0. The van der Waals surface area contributed by atoms with Crippen LogP contribution in [0.2, 0.25) is 0 Å². The third-order valence-electron chi connectivity index (χ3n) is 5.18. The lowest BCUT2D eigenvalue weighted by Crippen LogP contribution is -2.48. The van der Waals surface area contributed by atoms with Gasteiger partial charge in [0.15, 0.2) is 11.9 Å². The van der Waals surface area contributed by atoms with Gasteiger partial charge in [0.25, 0.3) is 5.91 Å². The zero-order valence-electron chi connectivity index (χ0n) is 17.0. The van der Waals surface area contributed by atoms with E-state index < -0.39 is 24.0 Å². The van der Waals surface area contributed by atoms with Gasteiger partial charge in [-0.2, -0.15) is 23.7 Å². The minimum Gasteiger partial charge on any atom is -0.494 e. The molecule has 0 bridgehead atoms. The summed E-state index contributed by atoms with van der Waals surface area (Å²) in [5.74, 6) is -2.10. The molecule has 0 radical (unpaired) electrons. The molecular formula is C22H17F4N3O3. The zero-order chi connectivity index (χ0) is 23.6. The summed E-state index contributed by atoms with van der Waals surface area (Å²) in [5.41, 5.74) is 0.173. The third-order valence-corrected chi connectivity index (χ3v) is 5.18. The van der Waals surface area contributed by atoms with Gasteiger partial charge >= 0.3 is 6.18 Å². The van der Waals surface area contributed by atoms with Crippen LogP contribution in [0.15, 0.2) is 30.3 Å². The maximum absolute atomic E-state index is 13.9. The van der Waals surface area contributed by atoms with Crippen LogP contribution in [0.5, 0.6) is 11.5 Å². The molecule has 0 aromatic heterocycles. The number of methoxy groups -OCH3 is 1. The van der Waals surface area contributed by atoms with E-state index in [9.17, 15) is 27.6 Å². The maximum Gasteiger partial charge on any atom is 0.425 e. The van der Waals surface area contributed by atoms with Gasteiger partial charge in [0.05, 0.1) is 18.2 Å². The lowest BCUT2D eigenvalue weighted by molar-refractivity contribution is -0.189. The van der Waals surface area contributed by atoms with Gasteiger partial charge in [-0.05, 0) is 36.8 Å². The van der Waals surface area contributed by atoms with Crippen LogP contribution in [0.3, 0.4) is 0 Å². The van der Waals surface area contributed by atoms with Crippen LogP contribution in [-0.2, 0) is 0 Å². The van der Waals surface area contributed by atoms with Crippen molar-refractivity contribution in [2.45, 2.75) is 25.1 Å². The number of carbonyl (C=O) groups excluding carboxylic acids is 1. The van der Waals surface area contributed by atoms with Crippen molar-refractivity contribution in [3.63, 3.8) is 0 Å². The highest BCUT2D eigenvalue weighted by Gasteiger charge is 2.40. The number of halogens is 4. The highest BCUT2D eigenvalue weighted by atomic mass is 19.4. The second-order valence-electron chi connectivity index (χ2n) is 7.19. The molecule has 0 N–H and O–H groups in total. The molecule has 0 unspecified atom stereocenters. The van der Waals surface area contributed by atoms with Gasteiger partial charge < -0.3 is 14.4 Å². The smallest absolute Gasteiger partial charge is 0.425 e. The summed E-state index contributed by atoms with van der Waals surface area (Å²) in [6.07, 6.45) is -6.86. The number of hydrogen-bond acceptors (Lipinski definition) is 5. The summed E-state index contributed by atoms with van der Waals surface area (Å²) in [6, 6.07) is 10.1. The summed E-state index contributed by atoms with van der Waals surface area (Å²) in [5, 5.41) is 18.1. The Bertz CT molecular complexity index is 1130. The summed E-state index contributed by atoms with van der Waals surface area (Å²) in [4.78, 5) is 14.5. The van der Waals surface area contributed by atoms with Crippen molar-refractivity contribution in [1.29, 1.82) is 10.5 Å². The molecule has 1 saturated heterocycles. The van der Waals surface area contributed by atoms with Gasteiger partial charge in [-0.25, -0.2) is 4.39 Å². The normalized spacial score (nSPS) is 14.7. The zero-order valence-corrected chi connectivity index (χ0v) is 17.0. The molecule has 1 aliphatic heterocycles. The molecule has 2 aromatic carbocycles. The number of amides is 1. The van der Waals surface area contributed by atoms with Gasteiger partial charge in [-0.1, -0.05) is 6.07 Å². The molecule has 166 valence electrons. The number of nitriles is 2. The summed E-state index contributed by atoms with van der Waals surface area (Å²) >= 11 is 0. The Morgan fingerprint density at radius 1 is 1.16 bits per heavy atom. The Morgan fingerprint density at radius 3 is 2.31 bits per heavy atom. The lowest BCUT2D eigenvalue weighted by Gasteiger charge is -2.40. The predicted octanol–water partition coefficient (Wildman–Crippen LogP) is 4.15. The van der Waals surface area contributed by atoms with Crippen molar-refractivity contribution >= 4 is 5.91 Å². The molecule has 0 saturated carbocycles. The van der Waals surface area contributed by atoms with Gasteiger partial charge in [0.2, 0.25) is 0 Å². The Labute approximate surface area is 181 Å². The van der Waals surface area contributed by atoms with Crippen LogP contribution >= 0.6 is 0 Å². The van der Waals surface area contributed by atoms with E-state index in [4.69, 9.17) is 14.7 Å². The topological polar surface area (TPSA) is 86.3 Å². The number of likely N-dealkylation sites (tertiary alicyclic amines) is 1. The van der Waals surface area contributed by atoms with Gasteiger partial charge in [-0.15, -0.1) is 0 Å². The van der Waals surface area contributed by atoms with Crippen molar-refractivity contribution in [2.75, 3.05) is 20.2 Å². The molecule has 1 fully saturated rings. The standard InChI is InChI=1S/C22H17F4N3O3/c1-12(22(24,25)26)32-18-6-5-15(9-28)20(31-2)19(18)21(30)29-10-16(11-29)13-3-4-14(8-27)17(23)7-13/h3-7,12,16H,10-11H2,1-2H3/t12-/m0/s1. The molecule has 1 amide bonds. The molecule has 1 heterocycles. The SMILES string of the molecule is COc1c(C#N)ccc(O[C@@H](C)C(F)(F)F)c1C(=O)N1CC(c2ccc(C#N)c(F)c2)C1. The molecule has 0 aliphatic carbocycles. The van der Waals surface area contributed by atoms with E-state index >= 15 is 0 Å². The predicted molar refractivity (Wildman–Crippen MR) is 104 cm³/mol. The van der Waals surface area contributed by atoms with Crippen LogP contribution < -0.4 is 9.47 Å². The van der Waals surface area contributed by atoms with Crippen molar-refractivity contribution in [2.24, 2.45) is 0 Å². The number of ether oxygens (including phenoxy) is 2. The van der Waals surface area contributed by atoms with E-state index in [2.05, 4.69) is 0 Å². The van der Waals surface area contributed by atoms with Crippen LogP contribution in [0.4, 0.5) is 17.6 Å². The number of nitrogens with zero attached hydrogens (tertiary/aromatic N) is 3. The second-order valence-corrected chi connectivity index (χ2v) is 7.19. The maximum atomic E-state index is 13.9. The molecule has 1 aliphatic rings. The first kappa shape index (κ1) is 22.9. The molecule has 1 atom stereocenters. The molecule has 3 rings (SSSR count). The molecule has 0 spiro atoms. The van der Waals surface area contributed by atoms with Crippen molar-refractivity contribution in [3.8, 4) is 23.6 Å². The van der Waals surface area contributed by atoms with Crippen molar-refractivity contribution < 1.29 is 31.8 Å². The van der Waals surface area contributed by atoms with Gasteiger partial charge in [0, 0.05) is 19.0 Å². The van der Waals surface area contributed by atoms with Gasteiger partial charge in [0.1, 0.15) is 29.3 Å². The van der Waals surface area contributed by atoms with Crippen LogP contribution in [0.25, 0.3) is 0 Å². The molecule has 32 heavy (non-hydrogen) atoms. The fourth-order valence-corrected chi connectivity index (χ4v) is 3.31. The van der Waals surface area contributed by atoms with Crippen LogP contribution in [-0.4, -0.2) is 43.3 Å². The summed E-state index contributed by atoms with van der Waals surface area (Å²) < 4.78 is 63.1. The first-order chi connectivity index (χ1) is 15.1. The average molecular weight is 447 g/mol. The second kappa shape index (κ2) is 8.75. The van der Waals surface area contributed by atoms with E-state index in [0.717, 1.165) is 13.0 Å². The molecule has 2 aromatic rings. The number of carbonyl (C=O) groups is 1. The monoisotopic (exact) mass is 447 g/mol. The first-order valence-electron chi connectivity index (χ1n) is 9.44. The highest BCUT2D eigenvalue weighted by Crippen LogP contribution is 2.38. The quantitative estimate of drug-likeness (QED) is 0.643. The number of benzene rings is 2. The van der Waals surface area contributed by atoms with Crippen molar-refractivity contribution in [1.82, 2.24) is 4.90 Å². The number of alkyl halides is 3. The summed E-state index contributed by atoms with van der Waals surface area (Å²) in [6.45, 7) is 1.13. The number of rotatable bonds is 5. The van der Waals surface area contributed by atoms with E-state index in [1.54, 1.807) is 12.1 Å². The Kier molecular flexibility index (Phi) is 6.26. The largest absolute Gasteiger partial charge is 0.494 e. The van der Waals surface area contributed by atoms with E-state index in [1.165, 1.54) is 30.2 Å². The van der Waals surface area contributed by atoms with Crippen LogP contribution in [0.1, 0.15) is 39.9 Å². The van der Waals surface area contributed by atoms with Gasteiger partial charge in [-0.3, -0.25) is 4.79 Å². The van der Waals surface area contributed by atoms with E-state index in [0.29, 0.717) is 5.56 Å². The Morgan fingerprint density at radius 2 is 1.78 bits per heavy atom. The first-order valence-corrected chi connectivity index (χ1v) is 9.44. The minimum absolute atomic E-state index is 0.0332. The average Bonchev–Trinajstić information content (AvgIpc) is 2.71.